The highest BCUT2D eigenvalue weighted by Crippen LogP contribution is 2.19. The first-order valence-electron chi connectivity index (χ1n) is 7.71. The Labute approximate surface area is 137 Å². The fraction of sp³-hybridized carbons (Fsp3) is 0.316. The van der Waals surface area contributed by atoms with E-state index in [0.717, 1.165) is 17.7 Å². The summed E-state index contributed by atoms with van der Waals surface area (Å²) in [5, 5.41) is 0. The summed E-state index contributed by atoms with van der Waals surface area (Å²) < 4.78 is 10.9. The lowest BCUT2D eigenvalue weighted by molar-refractivity contribution is -0.132. The van der Waals surface area contributed by atoms with Crippen LogP contribution in [0, 0.1) is 0 Å². The van der Waals surface area contributed by atoms with Crippen LogP contribution in [-0.2, 0) is 17.8 Å². The molecule has 0 heterocycles. The second kappa shape index (κ2) is 8.22. The molecule has 4 nitrogen and oxygen atoms in total. The van der Waals surface area contributed by atoms with Gasteiger partial charge in [-0.25, -0.2) is 0 Å². The largest absolute Gasteiger partial charge is 0.496 e. The quantitative estimate of drug-likeness (QED) is 0.787. The van der Waals surface area contributed by atoms with E-state index in [4.69, 9.17) is 9.47 Å². The number of hydrogen-bond acceptors (Lipinski definition) is 3. The Morgan fingerprint density at radius 2 is 1.78 bits per heavy atom. The third-order valence-electron chi connectivity index (χ3n) is 3.72. The zero-order chi connectivity index (χ0) is 16.7. The lowest BCUT2D eigenvalue weighted by Gasteiger charge is -2.19. The third-order valence-corrected chi connectivity index (χ3v) is 3.72. The highest BCUT2D eigenvalue weighted by Gasteiger charge is 2.12. The monoisotopic (exact) mass is 313 g/mol. The summed E-state index contributed by atoms with van der Waals surface area (Å²) in [5.41, 5.74) is 2.22. The van der Waals surface area contributed by atoms with E-state index >= 15 is 0 Å². The van der Waals surface area contributed by atoms with Crippen LogP contribution in [-0.4, -0.2) is 31.6 Å². The van der Waals surface area contributed by atoms with Gasteiger partial charge in [0.2, 0.25) is 0 Å². The van der Waals surface area contributed by atoms with Crippen LogP contribution < -0.4 is 9.47 Å². The van der Waals surface area contributed by atoms with Crippen LogP contribution in [0.25, 0.3) is 0 Å². The van der Waals surface area contributed by atoms with Crippen molar-refractivity contribution in [2.75, 3.05) is 20.8 Å². The Bertz CT molecular complexity index is 637. The van der Waals surface area contributed by atoms with Crippen LogP contribution in [0.15, 0.2) is 48.5 Å². The van der Waals surface area contributed by atoms with Crippen LogP contribution in [0.1, 0.15) is 18.1 Å². The number of amides is 1. The van der Waals surface area contributed by atoms with Crippen LogP contribution >= 0.6 is 0 Å². The van der Waals surface area contributed by atoms with Gasteiger partial charge in [-0.3, -0.25) is 4.79 Å². The second-order valence-corrected chi connectivity index (χ2v) is 5.35. The Kier molecular flexibility index (Phi) is 6.03. The van der Waals surface area contributed by atoms with Crippen molar-refractivity contribution >= 4 is 5.91 Å². The SMILES string of the molecule is CCc1ccc(OCC(=O)N(C)Cc2ccccc2OC)cc1. The molecule has 0 radical (unpaired) electrons. The first-order valence-corrected chi connectivity index (χ1v) is 7.71. The van der Waals surface area contributed by atoms with Crippen molar-refractivity contribution in [2.24, 2.45) is 0 Å². The molecule has 2 aromatic rings. The van der Waals surface area contributed by atoms with Gasteiger partial charge in [0.05, 0.1) is 7.11 Å². The highest BCUT2D eigenvalue weighted by atomic mass is 16.5. The molecule has 0 N–H and O–H groups in total. The lowest BCUT2D eigenvalue weighted by atomic mass is 10.2. The molecular formula is C19H23NO3. The number of benzene rings is 2. The molecule has 2 aromatic carbocycles. The van der Waals surface area contributed by atoms with Gasteiger partial charge in [0, 0.05) is 19.2 Å². The van der Waals surface area contributed by atoms with Gasteiger partial charge in [-0.1, -0.05) is 37.3 Å². The summed E-state index contributed by atoms with van der Waals surface area (Å²) >= 11 is 0. The molecule has 2 rings (SSSR count). The maximum atomic E-state index is 12.2. The predicted octanol–water partition coefficient (Wildman–Crippen LogP) is 3.30. The average molecular weight is 313 g/mol. The van der Waals surface area contributed by atoms with Gasteiger partial charge in [0.25, 0.3) is 5.91 Å². The minimum atomic E-state index is -0.0736. The summed E-state index contributed by atoms with van der Waals surface area (Å²) in [6.45, 7) is 2.62. The molecule has 0 saturated heterocycles. The normalized spacial score (nSPS) is 10.2. The van der Waals surface area contributed by atoms with E-state index in [2.05, 4.69) is 6.92 Å². The number of rotatable bonds is 7. The van der Waals surface area contributed by atoms with Gasteiger partial charge in [0.1, 0.15) is 11.5 Å². The number of nitrogens with zero attached hydrogens (tertiary/aromatic N) is 1. The highest BCUT2D eigenvalue weighted by molar-refractivity contribution is 5.77. The van der Waals surface area contributed by atoms with E-state index in [1.807, 2.05) is 48.5 Å². The molecule has 0 aliphatic rings. The maximum Gasteiger partial charge on any atom is 0.260 e. The standard InChI is InChI=1S/C19H23NO3/c1-4-15-9-11-17(12-10-15)23-14-19(21)20(2)13-16-7-5-6-8-18(16)22-3/h5-12H,4,13-14H2,1-3H3. The zero-order valence-electron chi connectivity index (χ0n) is 13.9. The number of ether oxygens (including phenoxy) is 2. The number of likely N-dealkylation sites (N-methyl/N-ethyl adjacent to an activating group) is 1. The summed E-state index contributed by atoms with van der Waals surface area (Å²) in [6.07, 6.45) is 0.987. The minimum absolute atomic E-state index is 0.0249. The number of carbonyl (C=O) groups is 1. The maximum absolute atomic E-state index is 12.2. The second-order valence-electron chi connectivity index (χ2n) is 5.35. The van der Waals surface area contributed by atoms with Gasteiger partial charge in [-0.15, -0.1) is 0 Å². The molecule has 0 atom stereocenters. The molecule has 122 valence electrons. The Morgan fingerprint density at radius 3 is 2.43 bits per heavy atom. The summed E-state index contributed by atoms with van der Waals surface area (Å²) in [6, 6.07) is 15.5. The fourth-order valence-corrected chi connectivity index (χ4v) is 2.25. The van der Waals surface area contributed by atoms with Crippen molar-refractivity contribution < 1.29 is 14.3 Å². The Balaban J connectivity index is 1.89. The predicted molar refractivity (Wildman–Crippen MR) is 90.8 cm³/mol. The molecular weight excluding hydrogens is 290 g/mol. The van der Waals surface area contributed by atoms with Crippen LogP contribution in [0.4, 0.5) is 0 Å². The number of carbonyl (C=O) groups excluding carboxylic acids is 1. The van der Waals surface area contributed by atoms with Crippen molar-refractivity contribution in [2.45, 2.75) is 19.9 Å². The average Bonchev–Trinajstić information content (AvgIpc) is 2.60. The van der Waals surface area contributed by atoms with Crippen LogP contribution in [0.3, 0.4) is 0 Å². The Hall–Kier alpha value is -2.49. The van der Waals surface area contributed by atoms with E-state index in [0.29, 0.717) is 12.3 Å². The molecule has 4 heteroatoms. The number of aryl methyl sites for hydroxylation is 1. The van der Waals surface area contributed by atoms with E-state index < -0.39 is 0 Å². The molecule has 0 aromatic heterocycles. The summed E-state index contributed by atoms with van der Waals surface area (Å²) in [4.78, 5) is 13.8. The first kappa shape index (κ1) is 16.9. The number of methoxy groups -OCH3 is 1. The van der Waals surface area contributed by atoms with Crippen molar-refractivity contribution in [3.05, 3.63) is 59.7 Å². The number of hydrogen-bond donors (Lipinski definition) is 0. The molecule has 0 aliphatic heterocycles. The first-order chi connectivity index (χ1) is 11.1. The van der Waals surface area contributed by atoms with Crippen LogP contribution in [0.5, 0.6) is 11.5 Å². The molecule has 0 saturated carbocycles. The molecule has 0 fully saturated rings. The van der Waals surface area contributed by atoms with E-state index in [1.165, 1.54) is 5.56 Å². The van der Waals surface area contributed by atoms with Crippen molar-refractivity contribution in [3.63, 3.8) is 0 Å². The van der Waals surface area contributed by atoms with E-state index in [-0.39, 0.29) is 12.5 Å². The van der Waals surface area contributed by atoms with Gasteiger partial charge in [0.15, 0.2) is 6.61 Å². The van der Waals surface area contributed by atoms with Crippen molar-refractivity contribution in [3.8, 4) is 11.5 Å². The molecule has 1 amide bonds. The molecule has 0 unspecified atom stereocenters. The molecule has 23 heavy (non-hydrogen) atoms. The summed E-state index contributed by atoms with van der Waals surface area (Å²) in [5.74, 6) is 1.42. The van der Waals surface area contributed by atoms with E-state index in [1.54, 1.807) is 19.1 Å². The Morgan fingerprint density at radius 1 is 1.09 bits per heavy atom. The van der Waals surface area contributed by atoms with Gasteiger partial charge < -0.3 is 14.4 Å². The summed E-state index contributed by atoms with van der Waals surface area (Å²) in [7, 11) is 3.39. The van der Waals surface area contributed by atoms with E-state index in [9.17, 15) is 4.79 Å². The smallest absolute Gasteiger partial charge is 0.260 e. The number of para-hydroxylation sites is 1. The fourth-order valence-electron chi connectivity index (χ4n) is 2.25. The molecule has 0 bridgehead atoms. The topological polar surface area (TPSA) is 38.8 Å². The van der Waals surface area contributed by atoms with Gasteiger partial charge in [-0.05, 0) is 30.2 Å². The van der Waals surface area contributed by atoms with Crippen molar-refractivity contribution in [1.29, 1.82) is 0 Å². The molecule has 0 spiro atoms. The van der Waals surface area contributed by atoms with Gasteiger partial charge >= 0.3 is 0 Å². The zero-order valence-corrected chi connectivity index (χ0v) is 13.9. The lowest BCUT2D eigenvalue weighted by Crippen LogP contribution is -2.31. The molecule has 0 aliphatic carbocycles. The van der Waals surface area contributed by atoms with Crippen molar-refractivity contribution in [1.82, 2.24) is 4.90 Å². The third kappa shape index (κ3) is 4.74. The van der Waals surface area contributed by atoms with Gasteiger partial charge in [-0.2, -0.15) is 0 Å². The minimum Gasteiger partial charge on any atom is -0.496 e. The van der Waals surface area contributed by atoms with Crippen LogP contribution in [0.2, 0.25) is 0 Å².